The number of hydrogen-bond acceptors (Lipinski definition) is 3. The van der Waals surface area contributed by atoms with Gasteiger partial charge in [0, 0.05) is 61.4 Å². The van der Waals surface area contributed by atoms with E-state index >= 15 is 0 Å². The van der Waals surface area contributed by atoms with Crippen molar-refractivity contribution in [3.8, 4) is 0 Å². The number of nitrogens with zero attached hydrogens (tertiary/aromatic N) is 3. The second-order valence-corrected chi connectivity index (χ2v) is 8.94. The molecular weight excluding hydrogens is 334 g/mol. The molecule has 1 aromatic carbocycles. The molecular formula is C20H30ClN3O. The molecule has 2 saturated heterocycles. The Morgan fingerprint density at radius 3 is 2.52 bits per heavy atom. The highest BCUT2D eigenvalue weighted by Crippen LogP contribution is 2.29. The number of amides is 1. The number of piperazine rings is 2. The van der Waals surface area contributed by atoms with Crippen molar-refractivity contribution in [2.75, 3.05) is 39.3 Å². The number of fused-ring (bicyclic) bond motifs is 1. The van der Waals surface area contributed by atoms with E-state index in [0.29, 0.717) is 17.0 Å². The minimum absolute atomic E-state index is 0.00885. The summed E-state index contributed by atoms with van der Waals surface area (Å²) in [5.74, 6) is 0.792. The summed E-state index contributed by atoms with van der Waals surface area (Å²) in [7, 11) is 0. The van der Waals surface area contributed by atoms with Gasteiger partial charge in [-0.3, -0.25) is 9.69 Å². The highest BCUT2D eigenvalue weighted by atomic mass is 35.5. The van der Waals surface area contributed by atoms with Crippen LogP contribution in [0.15, 0.2) is 24.3 Å². The highest BCUT2D eigenvalue weighted by molar-refractivity contribution is 6.30. The van der Waals surface area contributed by atoms with E-state index in [4.69, 9.17) is 11.6 Å². The first kappa shape index (κ1) is 18.7. The normalized spacial score (nSPS) is 24.4. The fraction of sp³-hybridized carbons (Fsp3) is 0.650. The van der Waals surface area contributed by atoms with E-state index in [0.717, 1.165) is 44.8 Å². The molecule has 0 aliphatic carbocycles. The van der Waals surface area contributed by atoms with Crippen LogP contribution < -0.4 is 0 Å². The second kappa shape index (κ2) is 7.26. The smallest absolute Gasteiger partial charge is 0.253 e. The summed E-state index contributed by atoms with van der Waals surface area (Å²) in [4.78, 5) is 20.2. The third-order valence-electron chi connectivity index (χ3n) is 5.36. The second-order valence-electron chi connectivity index (χ2n) is 8.51. The topological polar surface area (TPSA) is 26.8 Å². The summed E-state index contributed by atoms with van der Waals surface area (Å²) in [5, 5.41) is 0.665. The van der Waals surface area contributed by atoms with Crippen molar-refractivity contribution >= 4 is 17.5 Å². The van der Waals surface area contributed by atoms with Gasteiger partial charge < -0.3 is 9.80 Å². The van der Waals surface area contributed by atoms with Crippen LogP contribution in [0.5, 0.6) is 0 Å². The Morgan fingerprint density at radius 2 is 1.88 bits per heavy atom. The van der Waals surface area contributed by atoms with Crippen molar-refractivity contribution in [3.05, 3.63) is 34.9 Å². The molecule has 5 heteroatoms. The molecule has 138 valence electrons. The summed E-state index contributed by atoms with van der Waals surface area (Å²) in [6.07, 6.45) is 0. The lowest BCUT2D eigenvalue weighted by Crippen LogP contribution is -2.70. The fourth-order valence-electron chi connectivity index (χ4n) is 4.36. The van der Waals surface area contributed by atoms with E-state index in [9.17, 15) is 4.79 Å². The Bertz CT molecular complexity index is 614. The lowest BCUT2D eigenvalue weighted by atomic mass is 9.92. The first-order valence-electron chi connectivity index (χ1n) is 9.30. The lowest BCUT2D eigenvalue weighted by molar-refractivity contribution is -0.0577. The number of rotatable bonds is 3. The van der Waals surface area contributed by atoms with E-state index in [1.807, 2.05) is 17.0 Å². The van der Waals surface area contributed by atoms with Crippen LogP contribution in [0.25, 0.3) is 0 Å². The molecule has 1 atom stereocenters. The summed E-state index contributed by atoms with van der Waals surface area (Å²) < 4.78 is 0. The van der Waals surface area contributed by atoms with Crippen LogP contribution in [0, 0.1) is 5.92 Å². The fourth-order valence-corrected chi connectivity index (χ4v) is 4.49. The molecule has 0 radical (unpaired) electrons. The summed E-state index contributed by atoms with van der Waals surface area (Å²) in [6.45, 7) is 15.0. The standard InChI is InChI=1S/C20H30ClN3O/c1-15(2)11-22-9-10-24-18(12-22)13-23(14-20(24,3)4)19(25)16-5-7-17(21)8-6-16/h5-8,15,18H,9-14H2,1-4H3/t18-/m0/s1. The highest BCUT2D eigenvalue weighted by Gasteiger charge is 2.43. The van der Waals surface area contributed by atoms with Crippen molar-refractivity contribution in [3.63, 3.8) is 0 Å². The molecule has 4 nitrogen and oxygen atoms in total. The molecule has 2 aliphatic heterocycles. The average Bonchev–Trinajstić information content (AvgIpc) is 2.53. The summed E-state index contributed by atoms with van der Waals surface area (Å²) >= 11 is 5.96. The zero-order valence-corrected chi connectivity index (χ0v) is 16.6. The SMILES string of the molecule is CC(C)CN1CCN2[C@@H](C1)CN(C(=O)c1ccc(Cl)cc1)CC2(C)C. The van der Waals surface area contributed by atoms with Gasteiger partial charge in [0.1, 0.15) is 0 Å². The van der Waals surface area contributed by atoms with Crippen molar-refractivity contribution in [1.29, 1.82) is 0 Å². The molecule has 0 unspecified atom stereocenters. The molecule has 1 aromatic rings. The van der Waals surface area contributed by atoms with E-state index in [2.05, 4.69) is 37.5 Å². The zero-order valence-electron chi connectivity index (χ0n) is 15.8. The van der Waals surface area contributed by atoms with Crippen LogP contribution in [-0.2, 0) is 0 Å². The van der Waals surface area contributed by atoms with Gasteiger partial charge in [0.15, 0.2) is 0 Å². The van der Waals surface area contributed by atoms with Crippen molar-refractivity contribution in [2.24, 2.45) is 5.92 Å². The van der Waals surface area contributed by atoms with Gasteiger partial charge in [0.05, 0.1) is 0 Å². The monoisotopic (exact) mass is 363 g/mol. The maximum absolute atomic E-state index is 13.0. The Kier molecular flexibility index (Phi) is 5.42. The number of halogens is 1. The Morgan fingerprint density at radius 1 is 1.20 bits per heavy atom. The largest absolute Gasteiger partial charge is 0.335 e. The van der Waals surface area contributed by atoms with Crippen molar-refractivity contribution in [1.82, 2.24) is 14.7 Å². The first-order valence-corrected chi connectivity index (χ1v) is 9.68. The molecule has 0 bridgehead atoms. The predicted octanol–water partition coefficient (Wildman–Crippen LogP) is 3.22. The Balaban J connectivity index is 1.75. The van der Waals surface area contributed by atoms with E-state index in [-0.39, 0.29) is 11.4 Å². The molecule has 1 amide bonds. The van der Waals surface area contributed by atoms with Crippen LogP contribution in [0.2, 0.25) is 5.02 Å². The average molecular weight is 364 g/mol. The zero-order chi connectivity index (χ0) is 18.2. The van der Waals surface area contributed by atoms with Crippen LogP contribution in [0.1, 0.15) is 38.1 Å². The third-order valence-corrected chi connectivity index (χ3v) is 5.61. The molecule has 25 heavy (non-hydrogen) atoms. The van der Waals surface area contributed by atoms with Crippen LogP contribution in [-0.4, -0.2) is 71.5 Å². The molecule has 2 aliphatic rings. The Labute approximate surface area is 156 Å². The third kappa shape index (κ3) is 4.18. The molecule has 2 fully saturated rings. The van der Waals surface area contributed by atoms with Gasteiger partial charge in [-0.2, -0.15) is 0 Å². The minimum Gasteiger partial charge on any atom is -0.335 e. The van der Waals surface area contributed by atoms with E-state index in [1.54, 1.807) is 12.1 Å². The minimum atomic E-state index is 0.00885. The maximum atomic E-state index is 13.0. The van der Waals surface area contributed by atoms with Crippen LogP contribution >= 0.6 is 11.6 Å². The van der Waals surface area contributed by atoms with Gasteiger partial charge in [-0.1, -0.05) is 25.4 Å². The van der Waals surface area contributed by atoms with E-state index < -0.39 is 0 Å². The Hall–Kier alpha value is -1.10. The number of carbonyl (C=O) groups excluding carboxylic acids is 1. The van der Waals surface area contributed by atoms with Crippen LogP contribution in [0.4, 0.5) is 0 Å². The van der Waals surface area contributed by atoms with Gasteiger partial charge in [-0.25, -0.2) is 0 Å². The number of carbonyl (C=O) groups is 1. The van der Waals surface area contributed by atoms with Gasteiger partial charge in [-0.05, 0) is 44.0 Å². The first-order chi connectivity index (χ1) is 11.8. The molecule has 0 spiro atoms. The molecule has 2 heterocycles. The maximum Gasteiger partial charge on any atom is 0.253 e. The summed E-state index contributed by atoms with van der Waals surface area (Å²) in [5.41, 5.74) is 0.734. The lowest BCUT2D eigenvalue weighted by Gasteiger charge is -2.55. The van der Waals surface area contributed by atoms with Gasteiger partial charge in [-0.15, -0.1) is 0 Å². The van der Waals surface area contributed by atoms with Crippen molar-refractivity contribution in [2.45, 2.75) is 39.3 Å². The van der Waals surface area contributed by atoms with E-state index in [1.165, 1.54) is 0 Å². The predicted molar refractivity (Wildman–Crippen MR) is 103 cm³/mol. The van der Waals surface area contributed by atoms with Crippen molar-refractivity contribution < 1.29 is 4.79 Å². The number of benzene rings is 1. The summed E-state index contributed by atoms with van der Waals surface area (Å²) in [6, 6.07) is 7.65. The van der Waals surface area contributed by atoms with Gasteiger partial charge >= 0.3 is 0 Å². The quantitative estimate of drug-likeness (QED) is 0.825. The van der Waals surface area contributed by atoms with Gasteiger partial charge in [0.25, 0.3) is 5.91 Å². The van der Waals surface area contributed by atoms with Gasteiger partial charge in [0.2, 0.25) is 0 Å². The molecule has 0 N–H and O–H groups in total. The number of hydrogen-bond donors (Lipinski definition) is 0. The van der Waals surface area contributed by atoms with Crippen LogP contribution in [0.3, 0.4) is 0 Å². The molecule has 0 aromatic heterocycles. The molecule has 3 rings (SSSR count). The molecule has 0 saturated carbocycles.